The summed E-state index contributed by atoms with van der Waals surface area (Å²) in [7, 11) is 0. The van der Waals surface area contributed by atoms with E-state index in [0.717, 1.165) is 12.1 Å². The van der Waals surface area contributed by atoms with Crippen molar-refractivity contribution in [3.8, 4) is 0 Å². The highest BCUT2D eigenvalue weighted by atomic mass is 19.4. The fraction of sp³-hybridized carbons (Fsp3) is 0.300. The maximum atomic E-state index is 13.2. The van der Waals surface area contributed by atoms with Gasteiger partial charge in [0, 0.05) is 43.4 Å². The average molecular weight is 421 g/mol. The predicted octanol–water partition coefficient (Wildman–Crippen LogP) is 3.52. The molecule has 0 atom stereocenters. The Kier molecular flexibility index (Phi) is 5.77. The number of nitro benzene ring substituents is 1. The van der Waals surface area contributed by atoms with E-state index in [2.05, 4.69) is 0 Å². The number of nitrogens with zero attached hydrogens (tertiary/aromatic N) is 3. The highest BCUT2D eigenvalue weighted by molar-refractivity contribution is 5.97. The molecule has 0 saturated carbocycles. The second kappa shape index (κ2) is 8.13. The predicted molar refractivity (Wildman–Crippen MR) is 101 cm³/mol. The van der Waals surface area contributed by atoms with Crippen LogP contribution < -0.4 is 0 Å². The molecule has 3 rings (SSSR count). The van der Waals surface area contributed by atoms with E-state index in [-0.39, 0.29) is 37.4 Å². The third-order valence-corrected chi connectivity index (χ3v) is 4.97. The van der Waals surface area contributed by atoms with Crippen LogP contribution in [0.5, 0.6) is 0 Å². The van der Waals surface area contributed by atoms with E-state index in [1.165, 1.54) is 40.1 Å². The Balaban J connectivity index is 1.71. The maximum absolute atomic E-state index is 13.2. The number of alkyl halides is 3. The first-order chi connectivity index (χ1) is 14.1. The molecule has 0 spiro atoms. The van der Waals surface area contributed by atoms with Crippen LogP contribution in [-0.4, -0.2) is 52.7 Å². The van der Waals surface area contributed by atoms with Crippen LogP contribution in [0.2, 0.25) is 0 Å². The van der Waals surface area contributed by atoms with Crippen molar-refractivity contribution in [3.05, 3.63) is 74.8 Å². The van der Waals surface area contributed by atoms with Crippen LogP contribution in [0.3, 0.4) is 0 Å². The fourth-order valence-electron chi connectivity index (χ4n) is 3.32. The van der Waals surface area contributed by atoms with Gasteiger partial charge in [-0.1, -0.05) is 18.2 Å². The molecule has 7 nitrogen and oxygen atoms in total. The van der Waals surface area contributed by atoms with Crippen molar-refractivity contribution in [2.45, 2.75) is 13.1 Å². The summed E-state index contributed by atoms with van der Waals surface area (Å²) in [6.45, 7) is 1.91. The van der Waals surface area contributed by atoms with Gasteiger partial charge in [0.1, 0.15) is 0 Å². The fourth-order valence-corrected chi connectivity index (χ4v) is 3.32. The molecule has 1 aliphatic rings. The number of piperazine rings is 1. The molecule has 1 saturated heterocycles. The number of benzene rings is 2. The van der Waals surface area contributed by atoms with Gasteiger partial charge in [-0.3, -0.25) is 19.7 Å². The Labute approximate surface area is 169 Å². The molecule has 1 aliphatic heterocycles. The maximum Gasteiger partial charge on any atom is 0.417 e. The van der Waals surface area contributed by atoms with Crippen molar-refractivity contribution in [2.75, 3.05) is 26.2 Å². The van der Waals surface area contributed by atoms with Crippen LogP contribution >= 0.6 is 0 Å². The number of aryl methyl sites for hydroxylation is 1. The Bertz CT molecular complexity index is 999. The van der Waals surface area contributed by atoms with E-state index in [1.54, 1.807) is 6.92 Å². The Morgan fingerprint density at radius 1 is 0.967 bits per heavy atom. The lowest BCUT2D eigenvalue weighted by Gasteiger charge is -2.35. The van der Waals surface area contributed by atoms with Crippen molar-refractivity contribution in [2.24, 2.45) is 0 Å². The number of amides is 2. The van der Waals surface area contributed by atoms with E-state index in [4.69, 9.17) is 0 Å². The normalized spacial score (nSPS) is 14.5. The van der Waals surface area contributed by atoms with Gasteiger partial charge in [0.05, 0.1) is 16.1 Å². The molecule has 1 fully saturated rings. The lowest BCUT2D eigenvalue weighted by molar-refractivity contribution is -0.385. The lowest BCUT2D eigenvalue weighted by atomic mass is 10.1. The smallest absolute Gasteiger partial charge is 0.335 e. The van der Waals surface area contributed by atoms with E-state index in [1.807, 2.05) is 0 Å². The summed E-state index contributed by atoms with van der Waals surface area (Å²) in [5, 5.41) is 11.1. The molecule has 10 heteroatoms. The van der Waals surface area contributed by atoms with Crippen molar-refractivity contribution in [1.82, 2.24) is 9.80 Å². The molecule has 1 heterocycles. The van der Waals surface area contributed by atoms with Gasteiger partial charge in [0.2, 0.25) is 0 Å². The summed E-state index contributed by atoms with van der Waals surface area (Å²) in [5.41, 5.74) is -1.03. The van der Waals surface area contributed by atoms with Crippen molar-refractivity contribution in [1.29, 1.82) is 0 Å². The highest BCUT2D eigenvalue weighted by Crippen LogP contribution is 2.32. The zero-order chi connectivity index (χ0) is 22.1. The Morgan fingerprint density at radius 3 is 2.10 bits per heavy atom. The number of halogens is 3. The third kappa shape index (κ3) is 4.27. The summed E-state index contributed by atoms with van der Waals surface area (Å²) in [4.78, 5) is 38.5. The Hall–Kier alpha value is -3.43. The quantitative estimate of drug-likeness (QED) is 0.561. The van der Waals surface area contributed by atoms with Gasteiger partial charge in [-0.25, -0.2) is 0 Å². The van der Waals surface area contributed by atoms with E-state index < -0.39 is 34.0 Å². The van der Waals surface area contributed by atoms with Gasteiger partial charge in [0.25, 0.3) is 17.5 Å². The topological polar surface area (TPSA) is 83.8 Å². The number of hydrogen-bond acceptors (Lipinski definition) is 4. The van der Waals surface area contributed by atoms with E-state index in [0.29, 0.717) is 5.56 Å². The highest BCUT2D eigenvalue weighted by Gasteiger charge is 2.36. The molecule has 2 aromatic carbocycles. The van der Waals surface area contributed by atoms with Gasteiger partial charge in [-0.15, -0.1) is 0 Å². The first-order valence-electron chi connectivity index (χ1n) is 9.09. The summed E-state index contributed by atoms with van der Waals surface area (Å²) >= 11 is 0. The van der Waals surface area contributed by atoms with Gasteiger partial charge in [-0.05, 0) is 25.1 Å². The summed E-state index contributed by atoms with van der Waals surface area (Å²) in [6, 6.07) is 8.75. The second-order valence-electron chi connectivity index (χ2n) is 6.89. The van der Waals surface area contributed by atoms with Crippen LogP contribution in [0.4, 0.5) is 18.9 Å². The molecule has 2 amide bonds. The van der Waals surface area contributed by atoms with Crippen molar-refractivity contribution >= 4 is 17.5 Å². The van der Waals surface area contributed by atoms with Gasteiger partial charge < -0.3 is 9.80 Å². The second-order valence-corrected chi connectivity index (χ2v) is 6.89. The van der Waals surface area contributed by atoms with Crippen LogP contribution in [0, 0.1) is 17.0 Å². The lowest BCUT2D eigenvalue weighted by Crippen LogP contribution is -2.50. The number of carbonyl (C=O) groups is 2. The summed E-state index contributed by atoms with van der Waals surface area (Å²) < 4.78 is 39.5. The molecule has 0 unspecified atom stereocenters. The largest absolute Gasteiger partial charge is 0.417 e. The first-order valence-corrected chi connectivity index (χ1v) is 9.09. The zero-order valence-corrected chi connectivity index (χ0v) is 16.0. The van der Waals surface area contributed by atoms with Gasteiger partial charge >= 0.3 is 6.18 Å². The molecule has 158 valence electrons. The molecule has 30 heavy (non-hydrogen) atoms. The number of rotatable bonds is 3. The minimum absolute atomic E-state index is 0.0602. The minimum Gasteiger partial charge on any atom is -0.335 e. The zero-order valence-electron chi connectivity index (χ0n) is 16.0. The van der Waals surface area contributed by atoms with Crippen LogP contribution in [-0.2, 0) is 6.18 Å². The summed E-state index contributed by atoms with van der Waals surface area (Å²) in [5.74, 6) is -1.18. The molecule has 0 radical (unpaired) electrons. The van der Waals surface area contributed by atoms with Crippen LogP contribution in [0.15, 0.2) is 42.5 Å². The average Bonchev–Trinajstić information content (AvgIpc) is 2.72. The monoisotopic (exact) mass is 421 g/mol. The molecule has 0 aliphatic carbocycles. The molecule has 2 aromatic rings. The minimum atomic E-state index is -4.65. The van der Waals surface area contributed by atoms with Crippen molar-refractivity contribution in [3.63, 3.8) is 0 Å². The third-order valence-electron chi connectivity index (χ3n) is 4.97. The molecule has 0 N–H and O–H groups in total. The molecular formula is C20H18F3N3O4. The van der Waals surface area contributed by atoms with Gasteiger partial charge in [-0.2, -0.15) is 13.2 Å². The van der Waals surface area contributed by atoms with E-state index in [9.17, 15) is 32.9 Å². The standard InChI is InChI=1S/C20H18F3N3O4/c1-13-6-7-14(12-17(13)26(29)30)18(27)24-8-10-25(11-9-24)19(28)15-4-2-3-5-16(15)20(21,22)23/h2-7,12H,8-11H2,1H3. The van der Waals surface area contributed by atoms with Gasteiger partial charge in [0.15, 0.2) is 0 Å². The van der Waals surface area contributed by atoms with Crippen molar-refractivity contribution < 1.29 is 27.7 Å². The molecule has 0 aromatic heterocycles. The Morgan fingerprint density at radius 2 is 1.53 bits per heavy atom. The SMILES string of the molecule is Cc1ccc(C(=O)N2CCN(C(=O)c3ccccc3C(F)(F)F)CC2)cc1[N+](=O)[O-]. The van der Waals surface area contributed by atoms with E-state index >= 15 is 0 Å². The number of hydrogen-bond donors (Lipinski definition) is 0. The first kappa shape index (κ1) is 21.3. The summed E-state index contributed by atoms with van der Waals surface area (Å²) in [6.07, 6.45) is -4.65. The number of carbonyl (C=O) groups excluding carboxylic acids is 2. The van der Waals surface area contributed by atoms with Crippen LogP contribution in [0.1, 0.15) is 31.8 Å². The number of nitro groups is 1. The van der Waals surface area contributed by atoms with Crippen LogP contribution in [0.25, 0.3) is 0 Å². The molecule has 0 bridgehead atoms. The molecular weight excluding hydrogens is 403 g/mol.